The van der Waals surface area contributed by atoms with Crippen LogP contribution < -0.4 is 15.3 Å². The van der Waals surface area contributed by atoms with Crippen LogP contribution in [0.2, 0.25) is 0 Å². The Morgan fingerprint density at radius 1 is 0.967 bits per heavy atom. The smallest absolute Gasteiger partial charge is 0.280 e. The summed E-state index contributed by atoms with van der Waals surface area (Å²) in [5.74, 6) is 1.63. The second kappa shape index (κ2) is 7.67. The normalized spacial score (nSPS) is 15.4. The maximum Gasteiger partial charge on any atom is 0.280 e. The second-order valence-electron chi connectivity index (χ2n) is 7.56. The van der Waals surface area contributed by atoms with Crippen molar-refractivity contribution in [3.63, 3.8) is 0 Å². The van der Waals surface area contributed by atoms with Crippen molar-refractivity contribution in [3.05, 3.63) is 106 Å². The number of methoxy groups -OCH3 is 1. The van der Waals surface area contributed by atoms with Gasteiger partial charge in [-0.25, -0.2) is 9.66 Å². The van der Waals surface area contributed by atoms with Gasteiger partial charge < -0.3 is 4.74 Å². The number of hydrogen-bond acceptors (Lipinski definition) is 4. The van der Waals surface area contributed by atoms with Crippen molar-refractivity contribution < 1.29 is 4.74 Å². The van der Waals surface area contributed by atoms with E-state index in [1.54, 1.807) is 11.8 Å². The van der Waals surface area contributed by atoms with Crippen LogP contribution in [0.3, 0.4) is 0 Å². The summed E-state index contributed by atoms with van der Waals surface area (Å²) < 4.78 is 7.13. The van der Waals surface area contributed by atoms with E-state index in [0.29, 0.717) is 11.8 Å². The first kappa shape index (κ1) is 18.4. The molecule has 5 nitrogen and oxygen atoms in total. The van der Waals surface area contributed by atoms with Crippen LogP contribution in [0, 0.1) is 0 Å². The van der Waals surface area contributed by atoms with E-state index in [1.807, 2.05) is 60.7 Å². The van der Waals surface area contributed by atoms with Crippen LogP contribution in [0.15, 0.2) is 83.7 Å². The highest BCUT2D eigenvalue weighted by molar-refractivity contribution is 5.77. The molecule has 1 saturated heterocycles. The predicted molar refractivity (Wildman–Crippen MR) is 119 cm³/mol. The number of hydrogen-bond donors (Lipinski definition) is 0. The number of fused-ring (bicyclic) bond motifs is 1. The average molecular weight is 397 g/mol. The van der Waals surface area contributed by atoms with Crippen LogP contribution >= 0.6 is 0 Å². The molecule has 1 aliphatic heterocycles. The van der Waals surface area contributed by atoms with E-state index in [4.69, 9.17) is 9.72 Å². The van der Waals surface area contributed by atoms with Gasteiger partial charge in [0.2, 0.25) is 0 Å². The molecule has 0 aliphatic carbocycles. The van der Waals surface area contributed by atoms with Crippen molar-refractivity contribution in [1.82, 2.24) is 9.66 Å². The standard InChI is InChI=1S/C25H23N3O2/c1-30-20-11-7-8-18(16-20)14-15-24-26-22-13-6-5-12-21(22)25(29)28(24)27-17-23(27)19-9-3-2-4-10-19/h2-13,16,23H,14-15,17H2,1H3/t23-,27?/m0/s1. The van der Waals surface area contributed by atoms with Crippen molar-refractivity contribution in [2.75, 3.05) is 18.7 Å². The van der Waals surface area contributed by atoms with Gasteiger partial charge in [-0.15, -0.1) is 0 Å². The Kier molecular flexibility index (Phi) is 4.71. The van der Waals surface area contributed by atoms with Gasteiger partial charge in [-0.3, -0.25) is 9.80 Å². The largest absolute Gasteiger partial charge is 0.497 e. The lowest BCUT2D eigenvalue weighted by atomic mass is 10.1. The molecule has 1 aliphatic rings. The van der Waals surface area contributed by atoms with E-state index in [1.165, 1.54) is 5.56 Å². The lowest BCUT2D eigenvalue weighted by Gasteiger charge is -2.16. The highest BCUT2D eigenvalue weighted by atomic mass is 16.5. The summed E-state index contributed by atoms with van der Waals surface area (Å²) in [5, 5.41) is 2.76. The minimum Gasteiger partial charge on any atom is -0.497 e. The minimum absolute atomic E-state index is 0.000302. The molecule has 5 rings (SSSR count). The lowest BCUT2D eigenvalue weighted by molar-refractivity contribution is 0.414. The SMILES string of the molecule is COc1cccc(CCc2nc3ccccc3c(=O)n2N2C[C@H]2c2ccccc2)c1. The van der Waals surface area contributed by atoms with Gasteiger partial charge in [0.15, 0.2) is 0 Å². The highest BCUT2D eigenvalue weighted by Crippen LogP contribution is 2.32. The fourth-order valence-electron chi connectivity index (χ4n) is 3.98. The third kappa shape index (κ3) is 3.43. The molecule has 0 spiro atoms. The highest BCUT2D eigenvalue weighted by Gasteiger charge is 2.38. The number of nitrogens with zero attached hydrogens (tertiary/aromatic N) is 3. The summed E-state index contributed by atoms with van der Waals surface area (Å²) in [5.41, 5.74) is 3.13. The van der Waals surface area contributed by atoms with Gasteiger partial charge in [0, 0.05) is 6.42 Å². The van der Waals surface area contributed by atoms with Crippen LogP contribution in [-0.2, 0) is 12.8 Å². The molecule has 0 saturated carbocycles. The van der Waals surface area contributed by atoms with E-state index in [0.717, 1.165) is 35.6 Å². The quantitative estimate of drug-likeness (QED) is 0.463. The first-order valence-electron chi connectivity index (χ1n) is 10.2. The molecule has 0 unspecified atom stereocenters. The van der Waals surface area contributed by atoms with Gasteiger partial charge in [0.25, 0.3) is 5.56 Å². The first-order chi connectivity index (χ1) is 14.7. The van der Waals surface area contributed by atoms with E-state index < -0.39 is 0 Å². The molecule has 1 atom stereocenters. The van der Waals surface area contributed by atoms with Gasteiger partial charge in [0.05, 0.1) is 30.6 Å². The van der Waals surface area contributed by atoms with E-state index in [9.17, 15) is 4.79 Å². The van der Waals surface area contributed by atoms with Gasteiger partial charge >= 0.3 is 0 Å². The third-order valence-electron chi connectivity index (χ3n) is 5.62. The van der Waals surface area contributed by atoms with E-state index in [-0.39, 0.29) is 11.6 Å². The molecule has 3 aromatic carbocycles. The molecule has 0 N–H and O–H groups in total. The van der Waals surface area contributed by atoms with Crippen molar-refractivity contribution in [2.24, 2.45) is 0 Å². The second-order valence-corrected chi connectivity index (χ2v) is 7.56. The molecule has 1 aromatic heterocycles. The summed E-state index contributed by atoms with van der Waals surface area (Å²) >= 11 is 0. The number of benzene rings is 3. The maximum atomic E-state index is 13.4. The zero-order valence-electron chi connectivity index (χ0n) is 16.9. The molecule has 5 heteroatoms. The molecule has 0 amide bonds. The van der Waals surface area contributed by atoms with Crippen LogP contribution in [0.25, 0.3) is 10.9 Å². The fraction of sp³-hybridized carbons (Fsp3) is 0.200. The summed E-state index contributed by atoms with van der Waals surface area (Å²) in [4.78, 5) is 18.3. The van der Waals surface area contributed by atoms with E-state index >= 15 is 0 Å². The van der Waals surface area contributed by atoms with E-state index in [2.05, 4.69) is 23.2 Å². The fourth-order valence-corrected chi connectivity index (χ4v) is 3.98. The zero-order valence-corrected chi connectivity index (χ0v) is 16.9. The number of aromatic nitrogens is 2. The Labute approximate surface area is 175 Å². The Bertz CT molecular complexity index is 1250. The topological polar surface area (TPSA) is 47.1 Å². The van der Waals surface area contributed by atoms with Crippen molar-refractivity contribution >= 4 is 10.9 Å². The van der Waals surface area contributed by atoms with Crippen molar-refractivity contribution in [2.45, 2.75) is 18.9 Å². The molecule has 2 heterocycles. The summed E-state index contributed by atoms with van der Waals surface area (Å²) in [6, 6.07) is 26.2. The van der Waals surface area contributed by atoms with Crippen LogP contribution in [0.1, 0.15) is 23.0 Å². The summed E-state index contributed by atoms with van der Waals surface area (Å²) in [7, 11) is 1.67. The Morgan fingerprint density at radius 3 is 2.60 bits per heavy atom. The third-order valence-corrected chi connectivity index (χ3v) is 5.62. The monoisotopic (exact) mass is 397 g/mol. The average Bonchev–Trinajstić information content (AvgIpc) is 3.59. The number of para-hydroxylation sites is 1. The number of rotatable bonds is 6. The number of ether oxygens (including phenoxy) is 1. The molecule has 30 heavy (non-hydrogen) atoms. The molecule has 4 aromatic rings. The molecular formula is C25H23N3O2. The molecule has 0 bridgehead atoms. The summed E-state index contributed by atoms with van der Waals surface area (Å²) in [6.45, 7) is 0.816. The lowest BCUT2D eigenvalue weighted by Crippen LogP contribution is -2.33. The number of aryl methyl sites for hydroxylation is 2. The van der Waals surface area contributed by atoms with Crippen LogP contribution in [-0.4, -0.2) is 23.3 Å². The van der Waals surface area contributed by atoms with Gasteiger partial charge in [-0.05, 0) is 41.8 Å². The predicted octanol–water partition coefficient (Wildman–Crippen LogP) is 3.88. The van der Waals surface area contributed by atoms with Gasteiger partial charge in [-0.2, -0.15) is 0 Å². The van der Waals surface area contributed by atoms with Gasteiger partial charge in [-0.1, -0.05) is 54.6 Å². The molecule has 1 fully saturated rings. The van der Waals surface area contributed by atoms with Crippen molar-refractivity contribution in [3.8, 4) is 5.75 Å². The zero-order chi connectivity index (χ0) is 20.5. The summed E-state index contributed by atoms with van der Waals surface area (Å²) in [6.07, 6.45) is 1.46. The Balaban J connectivity index is 1.52. The minimum atomic E-state index is -0.000302. The molecular weight excluding hydrogens is 374 g/mol. The first-order valence-corrected chi connectivity index (χ1v) is 10.2. The Morgan fingerprint density at radius 2 is 1.77 bits per heavy atom. The maximum absolute atomic E-state index is 13.4. The molecule has 150 valence electrons. The van der Waals surface area contributed by atoms with Crippen LogP contribution in [0.5, 0.6) is 5.75 Å². The van der Waals surface area contributed by atoms with Crippen molar-refractivity contribution in [1.29, 1.82) is 0 Å². The van der Waals surface area contributed by atoms with Crippen LogP contribution in [0.4, 0.5) is 0 Å². The van der Waals surface area contributed by atoms with Gasteiger partial charge in [0.1, 0.15) is 11.6 Å². The molecule has 0 radical (unpaired) electrons. The Hall–Kier alpha value is -3.60.